The third kappa shape index (κ3) is 3.59. The third-order valence-corrected chi connectivity index (χ3v) is 5.70. The van der Waals surface area contributed by atoms with E-state index in [-0.39, 0.29) is 5.91 Å². The smallest absolute Gasteiger partial charge is 0.257 e. The lowest BCUT2D eigenvalue weighted by molar-refractivity contribution is 0.0611. The molecule has 2 aliphatic carbocycles. The Hall–Kier alpha value is -1.55. The maximum Gasteiger partial charge on any atom is 0.257 e. The number of amides is 1. The Balaban J connectivity index is 1.51. The summed E-state index contributed by atoms with van der Waals surface area (Å²) in [6.45, 7) is 3.59. The van der Waals surface area contributed by atoms with Crippen LogP contribution in [-0.4, -0.2) is 43.1 Å². The molecule has 1 amide bonds. The average molecular weight is 328 g/mol. The van der Waals surface area contributed by atoms with E-state index in [1.54, 1.807) is 0 Å². The third-order valence-electron chi connectivity index (χ3n) is 5.70. The molecule has 0 spiro atoms. The molecule has 0 bridgehead atoms. The van der Waals surface area contributed by atoms with Crippen molar-refractivity contribution in [2.75, 3.05) is 26.2 Å². The Morgan fingerprint density at radius 2 is 1.96 bits per heavy atom. The predicted molar refractivity (Wildman–Crippen MR) is 94.3 cm³/mol. The standard InChI is InChI=1S/C20H28N2O2/c23-20(18-6-1-2-7-19(18)24-14-16-8-9-16)22(13-15-4-3-5-15)17-10-11-21-12-17/h1-2,6-7,15-17,21H,3-5,8-14H2. The molecule has 4 rings (SSSR count). The highest BCUT2D eigenvalue weighted by molar-refractivity contribution is 5.97. The first-order valence-corrected chi connectivity index (χ1v) is 9.55. The molecule has 1 atom stereocenters. The summed E-state index contributed by atoms with van der Waals surface area (Å²) in [4.78, 5) is 15.4. The quantitative estimate of drug-likeness (QED) is 0.836. The van der Waals surface area contributed by atoms with Gasteiger partial charge in [0.15, 0.2) is 0 Å². The molecule has 0 radical (unpaired) electrons. The largest absolute Gasteiger partial charge is 0.492 e. The van der Waals surface area contributed by atoms with E-state index in [4.69, 9.17) is 4.74 Å². The van der Waals surface area contributed by atoms with E-state index in [1.807, 2.05) is 24.3 Å². The lowest BCUT2D eigenvalue weighted by atomic mass is 9.84. The van der Waals surface area contributed by atoms with Crippen LogP contribution >= 0.6 is 0 Å². The molecule has 3 aliphatic rings. The fraction of sp³-hybridized carbons (Fsp3) is 0.650. The van der Waals surface area contributed by atoms with Crippen LogP contribution in [0.4, 0.5) is 0 Å². The van der Waals surface area contributed by atoms with E-state index in [2.05, 4.69) is 10.2 Å². The number of hydrogen-bond donors (Lipinski definition) is 1. The van der Waals surface area contributed by atoms with Crippen molar-refractivity contribution in [2.24, 2.45) is 11.8 Å². The van der Waals surface area contributed by atoms with Crippen LogP contribution in [0.15, 0.2) is 24.3 Å². The Kier molecular flexibility index (Phi) is 4.74. The van der Waals surface area contributed by atoms with Gasteiger partial charge < -0.3 is 15.0 Å². The van der Waals surface area contributed by atoms with Crippen LogP contribution in [0.3, 0.4) is 0 Å². The van der Waals surface area contributed by atoms with Gasteiger partial charge in [0.1, 0.15) is 5.75 Å². The molecular weight excluding hydrogens is 300 g/mol. The maximum absolute atomic E-state index is 13.3. The number of benzene rings is 1. The van der Waals surface area contributed by atoms with E-state index in [9.17, 15) is 4.79 Å². The molecule has 1 saturated heterocycles. The van der Waals surface area contributed by atoms with E-state index >= 15 is 0 Å². The molecule has 1 aromatic rings. The molecule has 1 heterocycles. The average Bonchev–Trinajstić information content (AvgIpc) is 3.24. The minimum atomic E-state index is 0.155. The van der Waals surface area contributed by atoms with Crippen LogP contribution in [0.5, 0.6) is 5.75 Å². The van der Waals surface area contributed by atoms with Gasteiger partial charge in [-0.1, -0.05) is 18.6 Å². The van der Waals surface area contributed by atoms with Crippen molar-refractivity contribution >= 4 is 5.91 Å². The predicted octanol–water partition coefficient (Wildman–Crippen LogP) is 3.08. The van der Waals surface area contributed by atoms with Crippen molar-refractivity contribution in [3.05, 3.63) is 29.8 Å². The Morgan fingerprint density at radius 3 is 2.62 bits per heavy atom. The fourth-order valence-corrected chi connectivity index (χ4v) is 3.67. The van der Waals surface area contributed by atoms with Crippen LogP contribution in [-0.2, 0) is 0 Å². The van der Waals surface area contributed by atoms with Gasteiger partial charge in [-0.15, -0.1) is 0 Å². The van der Waals surface area contributed by atoms with E-state index in [0.29, 0.717) is 17.9 Å². The zero-order valence-corrected chi connectivity index (χ0v) is 14.4. The number of carbonyl (C=O) groups excluding carboxylic acids is 1. The van der Waals surface area contributed by atoms with Gasteiger partial charge in [-0.2, -0.15) is 0 Å². The maximum atomic E-state index is 13.3. The number of ether oxygens (including phenoxy) is 1. The summed E-state index contributed by atoms with van der Waals surface area (Å²) in [7, 11) is 0. The van der Waals surface area contributed by atoms with Crippen molar-refractivity contribution in [1.82, 2.24) is 10.2 Å². The highest BCUT2D eigenvalue weighted by Crippen LogP contribution is 2.32. The molecular formula is C20H28N2O2. The first-order chi connectivity index (χ1) is 11.8. The summed E-state index contributed by atoms with van der Waals surface area (Å²) in [5.41, 5.74) is 0.740. The lowest BCUT2D eigenvalue weighted by Gasteiger charge is -2.36. The van der Waals surface area contributed by atoms with Crippen LogP contribution in [0, 0.1) is 11.8 Å². The van der Waals surface area contributed by atoms with Crippen LogP contribution in [0.2, 0.25) is 0 Å². The van der Waals surface area contributed by atoms with Gasteiger partial charge >= 0.3 is 0 Å². The normalized spacial score (nSPS) is 23.8. The second kappa shape index (κ2) is 7.14. The SMILES string of the molecule is O=C(c1ccccc1OCC1CC1)N(CC1CCC1)C1CCNC1. The number of nitrogens with one attached hydrogen (secondary N) is 1. The molecule has 1 N–H and O–H groups in total. The number of rotatable bonds is 7. The molecule has 130 valence electrons. The summed E-state index contributed by atoms with van der Waals surface area (Å²) < 4.78 is 5.98. The van der Waals surface area contributed by atoms with E-state index in [0.717, 1.165) is 44.0 Å². The van der Waals surface area contributed by atoms with Crippen molar-refractivity contribution < 1.29 is 9.53 Å². The number of nitrogens with zero attached hydrogens (tertiary/aromatic N) is 1. The monoisotopic (exact) mass is 328 g/mol. The molecule has 2 saturated carbocycles. The summed E-state index contributed by atoms with van der Waals surface area (Å²) >= 11 is 0. The Labute approximate surface area is 144 Å². The van der Waals surface area contributed by atoms with E-state index in [1.165, 1.54) is 32.1 Å². The fourth-order valence-electron chi connectivity index (χ4n) is 3.67. The van der Waals surface area contributed by atoms with Gasteiger partial charge in [-0.3, -0.25) is 4.79 Å². The minimum Gasteiger partial charge on any atom is -0.492 e. The molecule has 1 unspecified atom stereocenters. The second-order valence-electron chi connectivity index (χ2n) is 7.65. The summed E-state index contributed by atoms with van der Waals surface area (Å²) in [5, 5.41) is 3.41. The molecule has 1 aromatic carbocycles. The second-order valence-corrected chi connectivity index (χ2v) is 7.65. The molecule has 4 heteroatoms. The topological polar surface area (TPSA) is 41.6 Å². The van der Waals surface area contributed by atoms with Crippen molar-refractivity contribution in [3.63, 3.8) is 0 Å². The Morgan fingerprint density at radius 1 is 1.12 bits per heavy atom. The van der Waals surface area contributed by atoms with Gasteiger partial charge in [-0.25, -0.2) is 0 Å². The van der Waals surface area contributed by atoms with E-state index < -0.39 is 0 Å². The first kappa shape index (κ1) is 15.9. The summed E-state index contributed by atoms with van der Waals surface area (Å²) in [5.74, 6) is 2.30. The lowest BCUT2D eigenvalue weighted by Crippen LogP contribution is -2.45. The van der Waals surface area contributed by atoms with Gasteiger partial charge in [0, 0.05) is 19.1 Å². The number of carbonyl (C=O) groups is 1. The van der Waals surface area contributed by atoms with Crippen molar-refractivity contribution in [1.29, 1.82) is 0 Å². The highest BCUT2D eigenvalue weighted by atomic mass is 16.5. The summed E-state index contributed by atoms with van der Waals surface area (Å²) in [6, 6.07) is 8.12. The Bertz CT molecular complexity index is 575. The van der Waals surface area contributed by atoms with Crippen LogP contribution < -0.4 is 10.1 Å². The van der Waals surface area contributed by atoms with Crippen LogP contribution in [0.25, 0.3) is 0 Å². The first-order valence-electron chi connectivity index (χ1n) is 9.55. The molecule has 4 nitrogen and oxygen atoms in total. The van der Waals surface area contributed by atoms with Crippen molar-refractivity contribution in [2.45, 2.75) is 44.6 Å². The molecule has 24 heavy (non-hydrogen) atoms. The number of para-hydroxylation sites is 1. The summed E-state index contributed by atoms with van der Waals surface area (Å²) in [6.07, 6.45) is 7.43. The van der Waals surface area contributed by atoms with Crippen molar-refractivity contribution in [3.8, 4) is 5.75 Å². The van der Waals surface area contributed by atoms with Crippen LogP contribution in [0.1, 0.15) is 48.9 Å². The van der Waals surface area contributed by atoms with Gasteiger partial charge in [0.2, 0.25) is 0 Å². The van der Waals surface area contributed by atoms with Gasteiger partial charge in [0.25, 0.3) is 5.91 Å². The number of hydrogen-bond acceptors (Lipinski definition) is 3. The minimum absolute atomic E-state index is 0.155. The molecule has 3 fully saturated rings. The molecule has 1 aliphatic heterocycles. The highest BCUT2D eigenvalue weighted by Gasteiger charge is 2.32. The zero-order valence-electron chi connectivity index (χ0n) is 14.4. The van der Waals surface area contributed by atoms with Gasteiger partial charge in [0.05, 0.1) is 12.2 Å². The zero-order chi connectivity index (χ0) is 16.4. The van der Waals surface area contributed by atoms with Gasteiger partial charge in [-0.05, 0) is 62.6 Å². The molecule has 0 aromatic heterocycles.